The Hall–Kier alpha value is -1.81. The SMILES string of the molecule is CCCCOc1c(Cl)cc2c(C(=O)OC)cccc2c1F. The minimum Gasteiger partial charge on any atom is -0.489 e. The largest absolute Gasteiger partial charge is 0.489 e. The third kappa shape index (κ3) is 3.10. The van der Waals surface area contributed by atoms with Crippen LogP contribution >= 0.6 is 11.6 Å². The van der Waals surface area contributed by atoms with Gasteiger partial charge in [0.15, 0.2) is 11.6 Å². The van der Waals surface area contributed by atoms with Gasteiger partial charge < -0.3 is 9.47 Å². The highest BCUT2D eigenvalue weighted by Gasteiger charge is 2.18. The second kappa shape index (κ2) is 6.76. The summed E-state index contributed by atoms with van der Waals surface area (Å²) in [4.78, 5) is 11.7. The second-order valence-corrected chi connectivity index (χ2v) is 5.00. The molecule has 0 atom stereocenters. The molecule has 0 fully saturated rings. The van der Waals surface area contributed by atoms with Crippen molar-refractivity contribution in [2.75, 3.05) is 13.7 Å². The van der Waals surface area contributed by atoms with Crippen LogP contribution in [0.25, 0.3) is 10.8 Å². The smallest absolute Gasteiger partial charge is 0.338 e. The van der Waals surface area contributed by atoms with E-state index in [4.69, 9.17) is 21.1 Å². The molecule has 0 radical (unpaired) electrons. The van der Waals surface area contributed by atoms with Crippen molar-refractivity contribution in [2.45, 2.75) is 19.8 Å². The number of halogens is 2. The lowest BCUT2D eigenvalue weighted by Gasteiger charge is -2.12. The van der Waals surface area contributed by atoms with Gasteiger partial charge in [0.1, 0.15) is 0 Å². The Balaban J connectivity index is 2.55. The molecule has 0 N–H and O–H groups in total. The fourth-order valence-corrected chi connectivity index (χ4v) is 2.32. The Kier molecular flexibility index (Phi) is 5.02. The molecule has 0 spiro atoms. The highest BCUT2D eigenvalue weighted by atomic mass is 35.5. The number of esters is 1. The fourth-order valence-electron chi connectivity index (χ4n) is 2.07. The van der Waals surface area contributed by atoms with Gasteiger partial charge >= 0.3 is 5.97 Å². The van der Waals surface area contributed by atoms with Crippen molar-refractivity contribution >= 4 is 28.3 Å². The highest BCUT2D eigenvalue weighted by Crippen LogP contribution is 2.35. The van der Waals surface area contributed by atoms with Gasteiger partial charge in [0.2, 0.25) is 0 Å². The van der Waals surface area contributed by atoms with E-state index in [1.807, 2.05) is 6.92 Å². The minimum absolute atomic E-state index is 0.0274. The van der Waals surface area contributed by atoms with E-state index >= 15 is 0 Å². The van der Waals surface area contributed by atoms with E-state index in [-0.39, 0.29) is 21.7 Å². The number of carbonyl (C=O) groups is 1. The molecule has 0 saturated carbocycles. The molecule has 0 unspecified atom stereocenters. The van der Waals surface area contributed by atoms with Crippen molar-refractivity contribution in [2.24, 2.45) is 0 Å². The van der Waals surface area contributed by atoms with Gasteiger partial charge in [-0.25, -0.2) is 9.18 Å². The summed E-state index contributed by atoms with van der Waals surface area (Å²) in [5.41, 5.74) is 0.274. The first-order valence-electron chi connectivity index (χ1n) is 6.72. The molecule has 0 aromatic heterocycles. The molecule has 3 nitrogen and oxygen atoms in total. The number of carbonyl (C=O) groups excluding carboxylic acids is 1. The molecule has 0 heterocycles. The first-order valence-corrected chi connectivity index (χ1v) is 7.09. The molecule has 2 rings (SSSR count). The number of fused-ring (bicyclic) bond motifs is 1. The van der Waals surface area contributed by atoms with Gasteiger partial charge in [0.05, 0.1) is 24.3 Å². The lowest BCUT2D eigenvalue weighted by atomic mass is 10.0. The highest BCUT2D eigenvalue weighted by molar-refractivity contribution is 6.33. The van der Waals surface area contributed by atoms with Gasteiger partial charge in [0, 0.05) is 10.8 Å². The number of unbranched alkanes of at least 4 members (excludes halogenated alkanes) is 1. The van der Waals surface area contributed by atoms with E-state index in [0.29, 0.717) is 12.0 Å². The Morgan fingerprint density at radius 3 is 2.76 bits per heavy atom. The molecule has 5 heteroatoms. The van der Waals surface area contributed by atoms with Crippen LogP contribution in [0.2, 0.25) is 5.02 Å². The zero-order chi connectivity index (χ0) is 15.4. The molecule has 0 saturated heterocycles. The van der Waals surface area contributed by atoms with Crippen molar-refractivity contribution < 1.29 is 18.7 Å². The number of methoxy groups -OCH3 is 1. The van der Waals surface area contributed by atoms with Crippen LogP contribution in [0.5, 0.6) is 5.75 Å². The van der Waals surface area contributed by atoms with E-state index < -0.39 is 11.8 Å². The van der Waals surface area contributed by atoms with Crippen LogP contribution in [0.3, 0.4) is 0 Å². The number of ether oxygens (including phenoxy) is 2. The molecule has 0 amide bonds. The van der Waals surface area contributed by atoms with Gasteiger partial charge in [-0.3, -0.25) is 0 Å². The fraction of sp³-hybridized carbons (Fsp3) is 0.312. The van der Waals surface area contributed by atoms with E-state index in [2.05, 4.69) is 0 Å². The average molecular weight is 311 g/mol. The lowest BCUT2D eigenvalue weighted by molar-refractivity contribution is 0.0603. The maximum atomic E-state index is 14.5. The normalized spacial score (nSPS) is 10.7. The lowest BCUT2D eigenvalue weighted by Crippen LogP contribution is -2.04. The second-order valence-electron chi connectivity index (χ2n) is 4.60. The Bertz CT molecular complexity index is 670. The van der Waals surface area contributed by atoms with Crippen molar-refractivity contribution in [1.82, 2.24) is 0 Å². The Morgan fingerprint density at radius 1 is 1.33 bits per heavy atom. The molecular weight excluding hydrogens is 295 g/mol. The van der Waals surface area contributed by atoms with Gasteiger partial charge in [-0.15, -0.1) is 0 Å². The number of hydrogen-bond donors (Lipinski definition) is 0. The molecule has 0 aliphatic rings. The molecule has 0 aliphatic heterocycles. The summed E-state index contributed by atoms with van der Waals surface area (Å²) in [7, 11) is 1.28. The monoisotopic (exact) mass is 310 g/mol. The molecule has 2 aromatic rings. The molecule has 112 valence electrons. The van der Waals surface area contributed by atoms with Crippen LogP contribution in [0.4, 0.5) is 4.39 Å². The van der Waals surface area contributed by atoms with Crippen LogP contribution in [-0.4, -0.2) is 19.7 Å². The van der Waals surface area contributed by atoms with E-state index in [9.17, 15) is 9.18 Å². The summed E-state index contributed by atoms with van der Waals surface area (Å²) in [6.07, 6.45) is 1.76. The van der Waals surface area contributed by atoms with Crippen molar-refractivity contribution in [3.63, 3.8) is 0 Å². The van der Waals surface area contributed by atoms with E-state index in [0.717, 1.165) is 12.8 Å². The standard InChI is InChI=1S/C16H16ClFO3/c1-3-4-8-21-15-13(17)9-12-10(14(15)18)6-5-7-11(12)16(19)20-2/h5-7,9H,3-4,8H2,1-2H3. The minimum atomic E-state index is -0.556. The predicted octanol–water partition coefficient (Wildman–Crippen LogP) is 4.60. The van der Waals surface area contributed by atoms with Crippen molar-refractivity contribution in [1.29, 1.82) is 0 Å². The first kappa shape index (κ1) is 15.6. The topological polar surface area (TPSA) is 35.5 Å². The maximum Gasteiger partial charge on any atom is 0.338 e. The predicted molar refractivity (Wildman–Crippen MR) is 80.7 cm³/mol. The van der Waals surface area contributed by atoms with Gasteiger partial charge in [0.25, 0.3) is 0 Å². The van der Waals surface area contributed by atoms with E-state index in [1.165, 1.54) is 13.2 Å². The summed E-state index contributed by atoms with van der Waals surface area (Å²) < 4.78 is 24.7. The van der Waals surface area contributed by atoms with Crippen LogP contribution in [0.1, 0.15) is 30.1 Å². The maximum absolute atomic E-state index is 14.5. The summed E-state index contributed by atoms with van der Waals surface area (Å²) in [6.45, 7) is 2.42. The molecule has 0 bridgehead atoms. The van der Waals surface area contributed by atoms with Gasteiger partial charge in [-0.2, -0.15) is 0 Å². The molecular formula is C16H16ClFO3. The Morgan fingerprint density at radius 2 is 2.10 bits per heavy atom. The van der Waals surface area contributed by atoms with Gasteiger partial charge in [-0.05, 0) is 18.6 Å². The van der Waals surface area contributed by atoms with Gasteiger partial charge in [-0.1, -0.05) is 37.1 Å². The zero-order valence-corrected chi connectivity index (χ0v) is 12.7. The quantitative estimate of drug-likeness (QED) is 0.598. The van der Waals surface area contributed by atoms with E-state index in [1.54, 1.807) is 18.2 Å². The number of rotatable bonds is 5. The van der Waals surface area contributed by atoms with Crippen molar-refractivity contribution in [3.05, 3.63) is 40.7 Å². The van der Waals surface area contributed by atoms with Crippen LogP contribution in [-0.2, 0) is 4.74 Å². The number of benzene rings is 2. The molecule has 2 aromatic carbocycles. The Labute approximate surface area is 127 Å². The summed E-state index contributed by atoms with van der Waals surface area (Å²) in [6, 6.07) is 6.29. The summed E-state index contributed by atoms with van der Waals surface area (Å²) in [5, 5.41) is 0.843. The average Bonchev–Trinajstić information content (AvgIpc) is 2.49. The molecule has 21 heavy (non-hydrogen) atoms. The third-order valence-electron chi connectivity index (χ3n) is 3.18. The number of hydrogen-bond acceptors (Lipinski definition) is 3. The van der Waals surface area contributed by atoms with Crippen LogP contribution in [0, 0.1) is 5.82 Å². The van der Waals surface area contributed by atoms with Crippen LogP contribution in [0.15, 0.2) is 24.3 Å². The van der Waals surface area contributed by atoms with Crippen LogP contribution < -0.4 is 4.74 Å². The molecule has 0 aliphatic carbocycles. The summed E-state index contributed by atoms with van der Waals surface area (Å²) in [5.74, 6) is -1.06. The third-order valence-corrected chi connectivity index (χ3v) is 3.46. The van der Waals surface area contributed by atoms with Crippen molar-refractivity contribution in [3.8, 4) is 5.75 Å². The zero-order valence-electron chi connectivity index (χ0n) is 11.9. The summed E-state index contributed by atoms with van der Waals surface area (Å²) >= 11 is 6.09. The first-order chi connectivity index (χ1) is 10.1.